The lowest BCUT2D eigenvalue weighted by Gasteiger charge is -2.32. The standard InChI is InChI=1S/C14H20N2O2S/c1-9-10(12(17)18-3)11(19)16-13(15-9)14(2)7-5-4-6-8-14/h4-8H2,1-3H3,(H,15,16,19). The summed E-state index contributed by atoms with van der Waals surface area (Å²) in [6, 6.07) is 0. The van der Waals surface area contributed by atoms with Crippen LogP contribution in [0.25, 0.3) is 0 Å². The molecule has 0 unspecified atom stereocenters. The summed E-state index contributed by atoms with van der Waals surface area (Å²) >= 11 is 5.26. The van der Waals surface area contributed by atoms with E-state index in [4.69, 9.17) is 17.0 Å². The molecule has 1 aliphatic carbocycles. The van der Waals surface area contributed by atoms with Gasteiger partial charge in [0.25, 0.3) is 0 Å². The van der Waals surface area contributed by atoms with E-state index < -0.39 is 5.97 Å². The summed E-state index contributed by atoms with van der Waals surface area (Å²) in [4.78, 5) is 19.4. The SMILES string of the molecule is COC(=O)c1c(C)[nH]c(C2(C)CCCCC2)nc1=S. The predicted octanol–water partition coefficient (Wildman–Crippen LogP) is 3.46. The van der Waals surface area contributed by atoms with Gasteiger partial charge in [-0.15, -0.1) is 0 Å². The Balaban J connectivity index is 2.45. The average molecular weight is 280 g/mol. The van der Waals surface area contributed by atoms with Gasteiger partial charge in [0.15, 0.2) is 0 Å². The van der Waals surface area contributed by atoms with Crippen LogP contribution in [0.3, 0.4) is 0 Å². The van der Waals surface area contributed by atoms with Crippen molar-refractivity contribution in [2.45, 2.75) is 51.4 Å². The summed E-state index contributed by atoms with van der Waals surface area (Å²) in [7, 11) is 1.35. The maximum absolute atomic E-state index is 11.7. The highest BCUT2D eigenvalue weighted by molar-refractivity contribution is 7.71. The number of nitrogens with zero attached hydrogens (tertiary/aromatic N) is 1. The number of carbonyl (C=O) groups excluding carboxylic acids is 1. The van der Waals surface area contributed by atoms with Crippen LogP contribution in [0.5, 0.6) is 0 Å². The van der Waals surface area contributed by atoms with Gasteiger partial charge in [-0.25, -0.2) is 9.78 Å². The molecule has 0 aromatic carbocycles. The highest BCUT2D eigenvalue weighted by Gasteiger charge is 2.32. The average Bonchev–Trinajstić information content (AvgIpc) is 2.38. The number of methoxy groups -OCH3 is 1. The first-order chi connectivity index (χ1) is 8.98. The van der Waals surface area contributed by atoms with Gasteiger partial charge in [-0.1, -0.05) is 38.4 Å². The number of hydrogen-bond donors (Lipinski definition) is 1. The lowest BCUT2D eigenvalue weighted by molar-refractivity contribution is 0.0598. The zero-order chi connectivity index (χ0) is 14.0. The van der Waals surface area contributed by atoms with Crippen molar-refractivity contribution in [2.75, 3.05) is 7.11 Å². The lowest BCUT2D eigenvalue weighted by Crippen LogP contribution is -2.28. The fourth-order valence-corrected chi connectivity index (χ4v) is 3.11. The molecule has 0 bridgehead atoms. The van der Waals surface area contributed by atoms with E-state index in [0.717, 1.165) is 24.4 Å². The third-order valence-corrected chi connectivity index (χ3v) is 4.32. The largest absolute Gasteiger partial charge is 0.465 e. The second kappa shape index (κ2) is 5.41. The zero-order valence-corrected chi connectivity index (χ0v) is 12.5. The Morgan fingerprint density at radius 3 is 2.53 bits per heavy atom. The van der Waals surface area contributed by atoms with Crippen LogP contribution in [-0.4, -0.2) is 23.0 Å². The monoisotopic (exact) mass is 280 g/mol. The summed E-state index contributed by atoms with van der Waals surface area (Å²) in [5.74, 6) is 0.481. The molecule has 2 rings (SSSR count). The Bertz CT molecular complexity index is 545. The topological polar surface area (TPSA) is 55.0 Å². The van der Waals surface area contributed by atoms with Crippen LogP contribution in [0.15, 0.2) is 0 Å². The number of rotatable bonds is 2. The molecule has 5 heteroatoms. The van der Waals surface area contributed by atoms with E-state index in [1.807, 2.05) is 6.92 Å². The zero-order valence-electron chi connectivity index (χ0n) is 11.7. The second-order valence-corrected chi connectivity index (χ2v) is 5.89. The maximum atomic E-state index is 11.7. The van der Waals surface area contributed by atoms with Gasteiger partial charge in [-0.2, -0.15) is 0 Å². The number of hydrogen-bond acceptors (Lipinski definition) is 4. The first kappa shape index (κ1) is 14.2. The van der Waals surface area contributed by atoms with Crippen molar-refractivity contribution in [3.05, 3.63) is 21.7 Å². The van der Waals surface area contributed by atoms with Gasteiger partial charge in [-0.05, 0) is 19.8 Å². The van der Waals surface area contributed by atoms with Gasteiger partial charge < -0.3 is 9.72 Å². The molecule has 19 heavy (non-hydrogen) atoms. The van der Waals surface area contributed by atoms with Crippen molar-refractivity contribution < 1.29 is 9.53 Å². The van der Waals surface area contributed by atoms with Crippen LogP contribution >= 0.6 is 12.2 Å². The molecule has 1 aliphatic rings. The molecule has 0 spiro atoms. The third kappa shape index (κ3) is 2.71. The molecule has 1 fully saturated rings. The van der Waals surface area contributed by atoms with Crippen molar-refractivity contribution >= 4 is 18.2 Å². The predicted molar refractivity (Wildman–Crippen MR) is 75.9 cm³/mol. The molecular formula is C14H20N2O2S. The first-order valence-electron chi connectivity index (χ1n) is 6.67. The minimum absolute atomic E-state index is 0.0468. The van der Waals surface area contributed by atoms with E-state index in [1.54, 1.807) is 0 Å². The van der Waals surface area contributed by atoms with Crippen LogP contribution in [0.4, 0.5) is 0 Å². The van der Waals surface area contributed by atoms with E-state index in [1.165, 1.54) is 26.4 Å². The molecule has 104 valence electrons. The number of aromatic amines is 1. The molecule has 1 heterocycles. The van der Waals surface area contributed by atoms with E-state index in [0.29, 0.717) is 10.2 Å². The van der Waals surface area contributed by atoms with E-state index in [2.05, 4.69) is 16.9 Å². The molecule has 0 radical (unpaired) electrons. The Morgan fingerprint density at radius 2 is 2.00 bits per heavy atom. The lowest BCUT2D eigenvalue weighted by atomic mass is 9.75. The van der Waals surface area contributed by atoms with Gasteiger partial charge in [0, 0.05) is 11.1 Å². The molecule has 0 amide bonds. The molecule has 0 saturated heterocycles. The maximum Gasteiger partial charge on any atom is 0.342 e. The first-order valence-corrected chi connectivity index (χ1v) is 7.08. The van der Waals surface area contributed by atoms with Crippen LogP contribution in [0, 0.1) is 11.6 Å². The highest BCUT2D eigenvalue weighted by Crippen LogP contribution is 2.37. The molecule has 0 atom stereocenters. The fraction of sp³-hybridized carbons (Fsp3) is 0.643. The molecule has 1 N–H and O–H groups in total. The summed E-state index contributed by atoms with van der Waals surface area (Å²) in [5.41, 5.74) is 1.17. The summed E-state index contributed by atoms with van der Waals surface area (Å²) in [6.45, 7) is 4.07. The summed E-state index contributed by atoms with van der Waals surface area (Å²) < 4.78 is 5.08. The van der Waals surface area contributed by atoms with Crippen molar-refractivity contribution in [3.63, 3.8) is 0 Å². The van der Waals surface area contributed by atoms with E-state index in [-0.39, 0.29) is 5.41 Å². The van der Waals surface area contributed by atoms with Gasteiger partial charge in [0.2, 0.25) is 0 Å². The molecular weight excluding hydrogens is 260 g/mol. The summed E-state index contributed by atoms with van der Waals surface area (Å²) in [6.07, 6.45) is 5.95. The smallest absolute Gasteiger partial charge is 0.342 e. The third-order valence-electron chi connectivity index (χ3n) is 4.03. The van der Waals surface area contributed by atoms with Crippen LogP contribution in [-0.2, 0) is 10.2 Å². The molecule has 4 nitrogen and oxygen atoms in total. The quantitative estimate of drug-likeness (QED) is 0.666. The van der Waals surface area contributed by atoms with Crippen molar-refractivity contribution in [1.29, 1.82) is 0 Å². The Labute approximate surface area is 118 Å². The minimum atomic E-state index is -0.424. The highest BCUT2D eigenvalue weighted by atomic mass is 32.1. The molecule has 0 aliphatic heterocycles. The second-order valence-electron chi connectivity index (χ2n) is 5.50. The Morgan fingerprint density at radius 1 is 1.37 bits per heavy atom. The number of aryl methyl sites for hydroxylation is 1. The number of aromatic nitrogens is 2. The van der Waals surface area contributed by atoms with Crippen LogP contribution in [0.1, 0.15) is 60.9 Å². The van der Waals surface area contributed by atoms with Gasteiger partial charge in [-0.3, -0.25) is 0 Å². The number of ether oxygens (including phenoxy) is 1. The molecule has 1 aromatic rings. The Hall–Kier alpha value is -1.23. The molecule has 1 saturated carbocycles. The minimum Gasteiger partial charge on any atom is -0.465 e. The Kier molecular flexibility index (Phi) is 4.04. The van der Waals surface area contributed by atoms with Gasteiger partial charge in [0.1, 0.15) is 16.0 Å². The van der Waals surface area contributed by atoms with E-state index in [9.17, 15) is 4.79 Å². The summed E-state index contributed by atoms with van der Waals surface area (Å²) in [5, 5.41) is 0. The number of nitrogens with one attached hydrogen (secondary N) is 1. The van der Waals surface area contributed by atoms with Gasteiger partial charge >= 0.3 is 5.97 Å². The number of esters is 1. The number of carbonyl (C=O) groups is 1. The molecule has 1 aromatic heterocycles. The number of H-pyrrole nitrogens is 1. The van der Waals surface area contributed by atoms with E-state index >= 15 is 0 Å². The van der Waals surface area contributed by atoms with Crippen molar-refractivity contribution in [1.82, 2.24) is 9.97 Å². The van der Waals surface area contributed by atoms with Crippen LogP contribution in [0.2, 0.25) is 0 Å². The fourth-order valence-electron chi connectivity index (χ4n) is 2.78. The van der Waals surface area contributed by atoms with Crippen molar-refractivity contribution in [2.24, 2.45) is 0 Å². The van der Waals surface area contributed by atoms with Crippen molar-refractivity contribution in [3.8, 4) is 0 Å². The van der Waals surface area contributed by atoms with Gasteiger partial charge in [0.05, 0.1) is 7.11 Å². The normalized spacial score (nSPS) is 18.1. The van der Waals surface area contributed by atoms with Crippen LogP contribution < -0.4 is 0 Å².